The summed E-state index contributed by atoms with van der Waals surface area (Å²) in [6.45, 7) is 4.22. The number of thioether (sulfide) groups is 1. The Morgan fingerprint density at radius 3 is 2.75 bits per heavy atom. The first kappa shape index (κ1) is 16.3. The van der Waals surface area contributed by atoms with Crippen molar-refractivity contribution in [1.82, 2.24) is 10.3 Å². The molecule has 0 aliphatic carbocycles. The quantitative estimate of drug-likeness (QED) is 0.706. The lowest BCUT2D eigenvalue weighted by atomic mass is 10.2. The van der Waals surface area contributed by atoms with Crippen molar-refractivity contribution in [2.24, 2.45) is 0 Å². The third-order valence-electron chi connectivity index (χ3n) is 2.11. The second-order valence-electron chi connectivity index (χ2n) is 4.25. The SMILES string of the molecule is CC(C)Oc1ccc(C(=O)NCCSCC(=O)O)cn1. The summed E-state index contributed by atoms with van der Waals surface area (Å²) in [6.07, 6.45) is 1.49. The van der Waals surface area contributed by atoms with Gasteiger partial charge in [-0.15, -0.1) is 11.8 Å². The fourth-order valence-corrected chi connectivity index (χ4v) is 1.89. The molecule has 0 atom stereocenters. The van der Waals surface area contributed by atoms with E-state index in [-0.39, 0.29) is 17.8 Å². The van der Waals surface area contributed by atoms with E-state index in [9.17, 15) is 9.59 Å². The molecule has 2 N–H and O–H groups in total. The Balaban J connectivity index is 2.34. The number of carbonyl (C=O) groups is 2. The summed E-state index contributed by atoms with van der Waals surface area (Å²) < 4.78 is 5.38. The van der Waals surface area contributed by atoms with Crippen molar-refractivity contribution < 1.29 is 19.4 Å². The molecule has 0 unspecified atom stereocenters. The molecule has 1 rings (SSSR count). The molecule has 110 valence electrons. The number of aliphatic carboxylic acids is 1. The first-order chi connectivity index (χ1) is 9.49. The second kappa shape index (κ2) is 8.42. The molecule has 0 fully saturated rings. The standard InChI is InChI=1S/C13H18N2O4S/c1-9(2)19-11-4-3-10(7-15-11)13(18)14-5-6-20-8-12(16)17/h3-4,7,9H,5-6,8H2,1-2H3,(H,14,18)(H,16,17). The second-order valence-corrected chi connectivity index (χ2v) is 5.36. The van der Waals surface area contributed by atoms with E-state index in [0.717, 1.165) is 0 Å². The highest BCUT2D eigenvalue weighted by atomic mass is 32.2. The van der Waals surface area contributed by atoms with E-state index in [2.05, 4.69) is 10.3 Å². The van der Waals surface area contributed by atoms with Gasteiger partial charge in [0.25, 0.3) is 5.91 Å². The topological polar surface area (TPSA) is 88.5 Å². The number of rotatable bonds is 8. The molecular weight excluding hydrogens is 280 g/mol. The van der Waals surface area contributed by atoms with Crippen molar-refractivity contribution in [2.75, 3.05) is 18.1 Å². The maximum Gasteiger partial charge on any atom is 0.313 e. The Bertz CT molecular complexity index is 448. The molecule has 0 aliphatic heterocycles. The molecule has 1 aromatic rings. The Morgan fingerprint density at radius 2 is 2.20 bits per heavy atom. The molecule has 1 aromatic heterocycles. The molecule has 1 heterocycles. The lowest BCUT2D eigenvalue weighted by molar-refractivity contribution is -0.133. The van der Waals surface area contributed by atoms with Gasteiger partial charge in [-0.05, 0) is 19.9 Å². The van der Waals surface area contributed by atoms with Crippen molar-refractivity contribution in [2.45, 2.75) is 20.0 Å². The number of carboxylic acid groups (broad SMARTS) is 1. The molecule has 0 saturated heterocycles. The molecule has 20 heavy (non-hydrogen) atoms. The normalized spacial score (nSPS) is 10.3. The van der Waals surface area contributed by atoms with E-state index in [0.29, 0.717) is 23.7 Å². The van der Waals surface area contributed by atoms with Crippen molar-refractivity contribution >= 4 is 23.6 Å². The summed E-state index contributed by atoms with van der Waals surface area (Å²) in [5, 5.41) is 11.2. The van der Waals surface area contributed by atoms with E-state index >= 15 is 0 Å². The molecule has 0 bridgehead atoms. The monoisotopic (exact) mass is 298 g/mol. The van der Waals surface area contributed by atoms with E-state index in [1.54, 1.807) is 12.1 Å². The van der Waals surface area contributed by atoms with Crippen LogP contribution in [0.4, 0.5) is 0 Å². The highest BCUT2D eigenvalue weighted by molar-refractivity contribution is 7.99. The van der Waals surface area contributed by atoms with Gasteiger partial charge in [-0.25, -0.2) is 4.98 Å². The summed E-state index contributed by atoms with van der Waals surface area (Å²) in [5.74, 6) is -0.0112. The van der Waals surface area contributed by atoms with Crippen LogP contribution in [0.3, 0.4) is 0 Å². The third kappa shape index (κ3) is 6.42. The van der Waals surface area contributed by atoms with Crippen LogP contribution in [0, 0.1) is 0 Å². The number of nitrogens with one attached hydrogen (secondary N) is 1. The van der Waals surface area contributed by atoms with Gasteiger partial charge in [0.1, 0.15) is 0 Å². The number of pyridine rings is 1. The summed E-state index contributed by atoms with van der Waals surface area (Å²) >= 11 is 1.26. The van der Waals surface area contributed by atoms with Gasteiger partial charge in [-0.2, -0.15) is 0 Å². The maximum atomic E-state index is 11.8. The Morgan fingerprint density at radius 1 is 1.45 bits per heavy atom. The van der Waals surface area contributed by atoms with Gasteiger partial charge in [-0.1, -0.05) is 0 Å². The summed E-state index contributed by atoms with van der Waals surface area (Å²) in [5.41, 5.74) is 0.448. The van der Waals surface area contributed by atoms with Gasteiger partial charge in [0.2, 0.25) is 5.88 Å². The first-order valence-electron chi connectivity index (χ1n) is 6.19. The molecule has 7 heteroatoms. The van der Waals surface area contributed by atoms with Gasteiger partial charge in [0, 0.05) is 24.6 Å². The molecule has 0 saturated carbocycles. The number of carbonyl (C=O) groups excluding carboxylic acids is 1. The van der Waals surface area contributed by atoms with Crippen LogP contribution in [0.25, 0.3) is 0 Å². The number of aromatic nitrogens is 1. The molecule has 0 spiro atoms. The molecule has 6 nitrogen and oxygen atoms in total. The predicted molar refractivity (Wildman–Crippen MR) is 77.3 cm³/mol. The maximum absolute atomic E-state index is 11.8. The minimum atomic E-state index is -0.855. The Kier molecular flexibility index (Phi) is 6.86. The number of carboxylic acids is 1. The van der Waals surface area contributed by atoms with Gasteiger partial charge in [-0.3, -0.25) is 9.59 Å². The third-order valence-corrected chi connectivity index (χ3v) is 3.06. The van der Waals surface area contributed by atoms with Crippen LogP contribution < -0.4 is 10.1 Å². The van der Waals surface area contributed by atoms with Crippen LogP contribution in [0.5, 0.6) is 5.88 Å². The molecule has 0 aromatic carbocycles. The Labute approximate surface area is 121 Å². The average molecular weight is 298 g/mol. The van der Waals surface area contributed by atoms with Gasteiger partial charge in [0.15, 0.2) is 0 Å². The predicted octanol–water partition coefficient (Wildman–Crippen LogP) is 1.42. The van der Waals surface area contributed by atoms with Crippen LogP contribution in [-0.2, 0) is 4.79 Å². The van der Waals surface area contributed by atoms with Crippen molar-refractivity contribution in [3.63, 3.8) is 0 Å². The van der Waals surface area contributed by atoms with E-state index in [1.165, 1.54) is 18.0 Å². The van der Waals surface area contributed by atoms with E-state index in [1.807, 2.05) is 13.8 Å². The minimum Gasteiger partial charge on any atom is -0.481 e. The summed E-state index contributed by atoms with van der Waals surface area (Å²) in [7, 11) is 0. The summed E-state index contributed by atoms with van der Waals surface area (Å²) in [6, 6.07) is 3.29. The lowest BCUT2D eigenvalue weighted by Gasteiger charge is -2.09. The van der Waals surface area contributed by atoms with Crippen LogP contribution in [0.15, 0.2) is 18.3 Å². The number of ether oxygens (including phenoxy) is 1. The molecule has 0 aliphatic rings. The Hall–Kier alpha value is -1.76. The van der Waals surface area contributed by atoms with Crippen molar-refractivity contribution in [3.05, 3.63) is 23.9 Å². The van der Waals surface area contributed by atoms with Crippen LogP contribution >= 0.6 is 11.8 Å². The lowest BCUT2D eigenvalue weighted by Crippen LogP contribution is -2.26. The molecule has 1 amide bonds. The number of hydrogen-bond acceptors (Lipinski definition) is 5. The highest BCUT2D eigenvalue weighted by Gasteiger charge is 2.07. The van der Waals surface area contributed by atoms with Crippen LogP contribution in [0.2, 0.25) is 0 Å². The smallest absolute Gasteiger partial charge is 0.313 e. The van der Waals surface area contributed by atoms with Crippen molar-refractivity contribution in [1.29, 1.82) is 0 Å². The van der Waals surface area contributed by atoms with Crippen LogP contribution in [0.1, 0.15) is 24.2 Å². The zero-order chi connectivity index (χ0) is 15.0. The molecular formula is C13H18N2O4S. The zero-order valence-corrected chi connectivity index (χ0v) is 12.3. The average Bonchev–Trinajstić information content (AvgIpc) is 2.38. The van der Waals surface area contributed by atoms with E-state index in [4.69, 9.17) is 9.84 Å². The minimum absolute atomic E-state index is 0.0356. The van der Waals surface area contributed by atoms with Gasteiger partial charge >= 0.3 is 5.97 Å². The van der Waals surface area contributed by atoms with Crippen molar-refractivity contribution in [3.8, 4) is 5.88 Å². The van der Waals surface area contributed by atoms with E-state index < -0.39 is 5.97 Å². The fourth-order valence-electron chi connectivity index (χ4n) is 1.32. The zero-order valence-electron chi connectivity index (χ0n) is 11.5. The summed E-state index contributed by atoms with van der Waals surface area (Å²) in [4.78, 5) is 26.1. The fraction of sp³-hybridized carbons (Fsp3) is 0.462. The number of hydrogen-bond donors (Lipinski definition) is 2. The number of nitrogens with zero attached hydrogens (tertiary/aromatic N) is 1. The largest absolute Gasteiger partial charge is 0.481 e. The van der Waals surface area contributed by atoms with Crippen LogP contribution in [-0.4, -0.2) is 46.1 Å². The van der Waals surface area contributed by atoms with Gasteiger partial charge in [0.05, 0.1) is 17.4 Å². The van der Waals surface area contributed by atoms with Gasteiger partial charge < -0.3 is 15.2 Å². The first-order valence-corrected chi connectivity index (χ1v) is 7.35. The number of amides is 1. The highest BCUT2D eigenvalue weighted by Crippen LogP contribution is 2.09. The molecule has 0 radical (unpaired) electrons.